The molecule has 0 aliphatic heterocycles. The van der Waals surface area contributed by atoms with Crippen molar-refractivity contribution in [2.24, 2.45) is 0 Å². The van der Waals surface area contributed by atoms with Crippen LogP contribution in [0.25, 0.3) is 11.0 Å². The van der Waals surface area contributed by atoms with Crippen molar-refractivity contribution < 1.29 is 0 Å². The Hall–Kier alpha value is -1.31. The number of aryl methyl sites for hydroxylation is 2. The number of benzene rings is 1. The molecule has 1 aromatic heterocycles. The number of fused-ring (bicyclic) bond motifs is 1. The molecule has 2 heteroatoms. The first-order valence-corrected chi connectivity index (χ1v) is 6.19. The highest BCUT2D eigenvalue weighted by Gasteiger charge is 2.18. The van der Waals surface area contributed by atoms with Crippen molar-refractivity contribution in [2.45, 2.75) is 45.6 Å². The first-order valence-electron chi connectivity index (χ1n) is 6.19. The van der Waals surface area contributed by atoms with Crippen LogP contribution in [0, 0.1) is 13.8 Å². The molecule has 1 heterocycles. The summed E-state index contributed by atoms with van der Waals surface area (Å²) in [4.78, 5) is 4.53. The fourth-order valence-corrected chi connectivity index (χ4v) is 2.76. The first-order chi connectivity index (χ1) is 7.75. The lowest BCUT2D eigenvalue weighted by atomic mass is 10.1. The fourth-order valence-electron chi connectivity index (χ4n) is 2.76. The highest BCUT2D eigenvalue weighted by molar-refractivity contribution is 5.77. The van der Waals surface area contributed by atoms with E-state index in [0.717, 1.165) is 5.52 Å². The minimum atomic E-state index is 0.687. The van der Waals surface area contributed by atoms with Crippen LogP contribution in [0.3, 0.4) is 0 Å². The SMILES string of the molecule is Cc1cc2ncn(C3CCCC3)c2cc1C. The lowest BCUT2D eigenvalue weighted by Gasteiger charge is -2.12. The Morgan fingerprint density at radius 2 is 1.81 bits per heavy atom. The van der Waals surface area contributed by atoms with E-state index in [-0.39, 0.29) is 0 Å². The maximum Gasteiger partial charge on any atom is 0.0960 e. The van der Waals surface area contributed by atoms with Crippen LogP contribution in [-0.2, 0) is 0 Å². The minimum Gasteiger partial charge on any atom is -0.327 e. The molecular weight excluding hydrogens is 196 g/mol. The lowest BCUT2D eigenvalue weighted by Crippen LogP contribution is -2.02. The van der Waals surface area contributed by atoms with Crippen LogP contribution in [0.1, 0.15) is 42.9 Å². The molecule has 1 aromatic carbocycles. The normalized spacial score (nSPS) is 17.4. The first kappa shape index (κ1) is 9.88. The molecule has 0 N–H and O–H groups in total. The van der Waals surface area contributed by atoms with Gasteiger partial charge in [-0.25, -0.2) is 4.98 Å². The summed E-state index contributed by atoms with van der Waals surface area (Å²) in [6.45, 7) is 4.34. The molecule has 16 heavy (non-hydrogen) atoms. The molecule has 0 radical (unpaired) electrons. The third kappa shape index (κ3) is 1.44. The highest BCUT2D eigenvalue weighted by Crippen LogP contribution is 2.32. The van der Waals surface area contributed by atoms with Gasteiger partial charge in [-0.05, 0) is 49.9 Å². The van der Waals surface area contributed by atoms with E-state index in [9.17, 15) is 0 Å². The van der Waals surface area contributed by atoms with Crippen molar-refractivity contribution in [3.63, 3.8) is 0 Å². The Labute approximate surface area is 96.3 Å². The molecule has 0 spiro atoms. The predicted octanol–water partition coefficient (Wildman–Crippen LogP) is 3.77. The average Bonchev–Trinajstić information content (AvgIpc) is 2.87. The Kier molecular flexibility index (Phi) is 2.23. The van der Waals surface area contributed by atoms with Crippen molar-refractivity contribution >= 4 is 11.0 Å². The molecule has 3 rings (SSSR count). The van der Waals surface area contributed by atoms with Crippen LogP contribution in [0.15, 0.2) is 18.5 Å². The molecule has 1 aliphatic rings. The molecular formula is C14H18N2. The van der Waals surface area contributed by atoms with Gasteiger partial charge in [-0.3, -0.25) is 0 Å². The fraction of sp³-hybridized carbons (Fsp3) is 0.500. The summed E-state index contributed by atoms with van der Waals surface area (Å²) >= 11 is 0. The molecule has 1 aliphatic carbocycles. The van der Waals surface area contributed by atoms with Gasteiger partial charge in [-0.2, -0.15) is 0 Å². The van der Waals surface area contributed by atoms with Gasteiger partial charge in [0.15, 0.2) is 0 Å². The van der Waals surface area contributed by atoms with E-state index in [2.05, 4.69) is 35.5 Å². The summed E-state index contributed by atoms with van der Waals surface area (Å²) in [6, 6.07) is 5.18. The van der Waals surface area contributed by atoms with Crippen LogP contribution >= 0.6 is 0 Å². The van der Waals surface area contributed by atoms with Gasteiger partial charge in [-0.15, -0.1) is 0 Å². The zero-order chi connectivity index (χ0) is 11.1. The molecule has 0 unspecified atom stereocenters. The molecule has 2 aromatic rings. The van der Waals surface area contributed by atoms with E-state index in [0.29, 0.717) is 6.04 Å². The topological polar surface area (TPSA) is 17.8 Å². The van der Waals surface area contributed by atoms with Gasteiger partial charge in [0.2, 0.25) is 0 Å². The number of rotatable bonds is 1. The second kappa shape index (κ2) is 3.62. The van der Waals surface area contributed by atoms with Crippen LogP contribution in [0.5, 0.6) is 0 Å². The number of aromatic nitrogens is 2. The Morgan fingerprint density at radius 3 is 2.56 bits per heavy atom. The van der Waals surface area contributed by atoms with Crippen molar-refractivity contribution in [1.29, 1.82) is 0 Å². The van der Waals surface area contributed by atoms with Crippen molar-refractivity contribution in [3.05, 3.63) is 29.6 Å². The quantitative estimate of drug-likeness (QED) is 0.706. The summed E-state index contributed by atoms with van der Waals surface area (Å²) in [5.74, 6) is 0. The summed E-state index contributed by atoms with van der Waals surface area (Å²) in [5.41, 5.74) is 5.17. The van der Waals surface area contributed by atoms with Gasteiger partial charge < -0.3 is 4.57 Å². The summed E-state index contributed by atoms with van der Waals surface area (Å²) in [6.07, 6.45) is 7.40. The highest BCUT2D eigenvalue weighted by atomic mass is 15.1. The Morgan fingerprint density at radius 1 is 1.12 bits per heavy atom. The maximum absolute atomic E-state index is 4.53. The van der Waals surface area contributed by atoms with E-state index in [1.165, 1.54) is 42.3 Å². The molecule has 1 fully saturated rings. The van der Waals surface area contributed by atoms with Gasteiger partial charge in [0.05, 0.1) is 17.4 Å². The third-order valence-electron chi connectivity index (χ3n) is 3.91. The van der Waals surface area contributed by atoms with Gasteiger partial charge in [0.25, 0.3) is 0 Å². The van der Waals surface area contributed by atoms with E-state index in [4.69, 9.17) is 0 Å². The summed E-state index contributed by atoms with van der Waals surface area (Å²) < 4.78 is 2.38. The Balaban J connectivity index is 2.15. The van der Waals surface area contributed by atoms with E-state index in [1.807, 2.05) is 6.33 Å². The number of hydrogen-bond donors (Lipinski definition) is 0. The second-order valence-electron chi connectivity index (χ2n) is 5.02. The third-order valence-corrected chi connectivity index (χ3v) is 3.91. The van der Waals surface area contributed by atoms with Crippen molar-refractivity contribution in [3.8, 4) is 0 Å². The van der Waals surface area contributed by atoms with Crippen molar-refractivity contribution in [1.82, 2.24) is 9.55 Å². The van der Waals surface area contributed by atoms with Gasteiger partial charge in [0, 0.05) is 6.04 Å². The van der Waals surface area contributed by atoms with Crippen LogP contribution in [-0.4, -0.2) is 9.55 Å². The predicted molar refractivity (Wildman–Crippen MR) is 66.7 cm³/mol. The zero-order valence-corrected chi connectivity index (χ0v) is 10.0. The molecule has 0 saturated heterocycles. The smallest absolute Gasteiger partial charge is 0.0960 e. The summed E-state index contributed by atoms with van der Waals surface area (Å²) in [5, 5.41) is 0. The molecule has 0 bridgehead atoms. The standard InChI is InChI=1S/C14H18N2/c1-10-7-13-14(8-11(10)2)16(9-15-13)12-5-3-4-6-12/h7-9,12H,3-6H2,1-2H3. The molecule has 0 amide bonds. The van der Waals surface area contributed by atoms with Crippen LogP contribution < -0.4 is 0 Å². The molecule has 2 nitrogen and oxygen atoms in total. The van der Waals surface area contributed by atoms with Gasteiger partial charge in [-0.1, -0.05) is 12.8 Å². The lowest BCUT2D eigenvalue weighted by molar-refractivity contribution is 0.532. The minimum absolute atomic E-state index is 0.687. The maximum atomic E-state index is 4.53. The van der Waals surface area contributed by atoms with E-state index in [1.54, 1.807) is 0 Å². The molecule has 1 saturated carbocycles. The number of imidazole rings is 1. The van der Waals surface area contributed by atoms with Gasteiger partial charge >= 0.3 is 0 Å². The molecule has 0 atom stereocenters. The van der Waals surface area contributed by atoms with Gasteiger partial charge in [0.1, 0.15) is 0 Å². The van der Waals surface area contributed by atoms with Crippen LogP contribution in [0.4, 0.5) is 0 Å². The average molecular weight is 214 g/mol. The van der Waals surface area contributed by atoms with E-state index < -0.39 is 0 Å². The zero-order valence-electron chi connectivity index (χ0n) is 10.0. The largest absolute Gasteiger partial charge is 0.327 e. The van der Waals surface area contributed by atoms with Crippen molar-refractivity contribution in [2.75, 3.05) is 0 Å². The summed E-state index contributed by atoms with van der Waals surface area (Å²) in [7, 11) is 0. The van der Waals surface area contributed by atoms with Crippen LogP contribution in [0.2, 0.25) is 0 Å². The second-order valence-corrected chi connectivity index (χ2v) is 5.02. The monoisotopic (exact) mass is 214 g/mol. The number of nitrogens with zero attached hydrogens (tertiary/aromatic N) is 2. The number of hydrogen-bond acceptors (Lipinski definition) is 1. The Bertz CT molecular complexity index is 519. The molecule has 84 valence electrons. The van der Waals surface area contributed by atoms with E-state index >= 15 is 0 Å².